The number of hydrogen-bond donors (Lipinski definition) is 2. The molecule has 2 heterocycles. The van der Waals surface area contributed by atoms with E-state index in [2.05, 4.69) is 20.5 Å². The van der Waals surface area contributed by atoms with E-state index in [0.717, 1.165) is 16.0 Å². The standard InChI is InChI=1S/C12H10N4OS/c1-7(17)13-12-14-11-10(18-12)9(15-16-11)8-5-3-2-4-6-8/h2-6H,1H3,(H2,13,14,15,16,17). The lowest BCUT2D eigenvalue weighted by Gasteiger charge is -1.95. The molecule has 0 unspecified atom stereocenters. The van der Waals surface area contributed by atoms with E-state index < -0.39 is 0 Å². The fraction of sp³-hybridized carbons (Fsp3) is 0.0833. The molecule has 0 aliphatic heterocycles. The zero-order valence-electron chi connectivity index (χ0n) is 9.60. The molecule has 2 aromatic heterocycles. The molecule has 0 radical (unpaired) electrons. The van der Waals surface area contributed by atoms with Gasteiger partial charge in [0, 0.05) is 12.5 Å². The van der Waals surface area contributed by atoms with E-state index in [1.54, 1.807) is 0 Å². The number of aromatic amines is 1. The van der Waals surface area contributed by atoms with Gasteiger partial charge in [-0.15, -0.1) is 0 Å². The highest BCUT2D eigenvalue weighted by Crippen LogP contribution is 2.32. The lowest BCUT2D eigenvalue weighted by atomic mass is 10.2. The monoisotopic (exact) mass is 258 g/mol. The highest BCUT2D eigenvalue weighted by Gasteiger charge is 2.13. The van der Waals surface area contributed by atoms with Crippen LogP contribution < -0.4 is 5.32 Å². The van der Waals surface area contributed by atoms with Crippen molar-refractivity contribution in [2.45, 2.75) is 6.92 Å². The number of amides is 1. The zero-order chi connectivity index (χ0) is 12.5. The number of thiazole rings is 1. The summed E-state index contributed by atoms with van der Waals surface area (Å²) in [5.74, 6) is -0.124. The first-order chi connectivity index (χ1) is 8.74. The number of nitrogens with one attached hydrogen (secondary N) is 2. The molecular formula is C12H10N4OS. The van der Waals surface area contributed by atoms with Gasteiger partial charge in [-0.3, -0.25) is 9.89 Å². The Bertz CT molecular complexity index is 701. The fourth-order valence-corrected chi connectivity index (χ4v) is 2.68. The molecule has 5 nitrogen and oxygen atoms in total. The normalized spacial score (nSPS) is 10.7. The molecular weight excluding hydrogens is 248 g/mol. The van der Waals surface area contributed by atoms with Crippen LogP contribution in [0.1, 0.15) is 6.92 Å². The van der Waals surface area contributed by atoms with Gasteiger partial charge < -0.3 is 5.32 Å². The van der Waals surface area contributed by atoms with Gasteiger partial charge >= 0.3 is 0 Å². The number of carbonyl (C=O) groups excluding carboxylic acids is 1. The van der Waals surface area contributed by atoms with E-state index in [1.165, 1.54) is 18.3 Å². The van der Waals surface area contributed by atoms with Crippen LogP contribution in [0, 0.1) is 0 Å². The van der Waals surface area contributed by atoms with Crippen molar-refractivity contribution in [3.63, 3.8) is 0 Å². The Hall–Kier alpha value is -2.21. The van der Waals surface area contributed by atoms with E-state index in [4.69, 9.17) is 0 Å². The van der Waals surface area contributed by atoms with Gasteiger partial charge in [-0.25, -0.2) is 4.98 Å². The van der Waals surface area contributed by atoms with Crippen molar-refractivity contribution in [3.05, 3.63) is 30.3 Å². The number of benzene rings is 1. The van der Waals surface area contributed by atoms with Crippen LogP contribution in [0.3, 0.4) is 0 Å². The predicted molar refractivity (Wildman–Crippen MR) is 71.5 cm³/mol. The largest absolute Gasteiger partial charge is 0.302 e. The molecule has 0 fully saturated rings. The average Bonchev–Trinajstić information content (AvgIpc) is 2.88. The van der Waals surface area contributed by atoms with Crippen LogP contribution in [-0.4, -0.2) is 21.1 Å². The third kappa shape index (κ3) is 1.86. The molecule has 1 aromatic carbocycles. The molecule has 0 saturated heterocycles. The molecule has 3 aromatic rings. The molecule has 3 rings (SSSR count). The number of carbonyl (C=O) groups is 1. The van der Waals surface area contributed by atoms with Crippen molar-refractivity contribution in [3.8, 4) is 11.3 Å². The van der Waals surface area contributed by atoms with Crippen LogP contribution in [0.2, 0.25) is 0 Å². The molecule has 1 amide bonds. The van der Waals surface area contributed by atoms with E-state index >= 15 is 0 Å². The molecule has 0 spiro atoms. The van der Waals surface area contributed by atoms with Crippen LogP contribution in [-0.2, 0) is 4.79 Å². The van der Waals surface area contributed by atoms with Gasteiger partial charge in [-0.05, 0) is 0 Å². The number of anilines is 1. The Morgan fingerprint density at radius 3 is 2.83 bits per heavy atom. The Kier molecular flexibility index (Phi) is 2.56. The van der Waals surface area contributed by atoms with Gasteiger partial charge in [0.25, 0.3) is 0 Å². The average molecular weight is 258 g/mol. The maximum Gasteiger partial charge on any atom is 0.223 e. The van der Waals surface area contributed by atoms with Crippen molar-refractivity contribution >= 4 is 32.7 Å². The van der Waals surface area contributed by atoms with Crippen molar-refractivity contribution in [1.29, 1.82) is 0 Å². The smallest absolute Gasteiger partial charge is 0.223 e. The van der Waals surface area contributed by atoms with Crippen LogP contribution >= 0.6 is 11.3 Å². The minimum atomic E-state index is -0.124. The summed E-state index contributed by atoms with van der Waals surface area (Å²) in [6, 6.07) is 9.88. The summed E-state index contributed by atoms with van der Waals surface area (Å²) in [7, 11) is 0. The Balaban J connectivity index is 2.08. The maximum absolute atomic E-state index is 11.0. The lowest BCUT2D eigenvalue weighted by molar-refractivity contribution is -0.114. The number of aromatic nitrogens is 3. The topological polar surface area (TPSA) is 70.7 Å². The molecule has 0 aliphatic rings. The highest BCUT2D eigenvalue weighted by atomic mass is 32.1. The second-order valence-electron chi connectivity index (χ2n) is 3.82. The van der Waals surface area contributed by atoms with E-state index in [0.29, 0.717) is 10.8 Å². The van der Waals surface area contributed by atoms with Crippen LogP contribution in [0.15, 0.2) is 30.3 Å². The van der Waals surface area contributed by atoms with E-state index in [9.17, 15) is 4.79 Å². The summed E-state index contributed by atoms with van der Waals surface area (Å²) in [6.45, 7) is 1.46. The second kappa shape index (κ2) is 4.23. The van der Waals surface area contributed by atoms with Crippen molar-refractivity contribution in [2.75, 3.05) is 5.32 Å². The van der Waals surface area contributed by atoms with Crippen LogP contribution in [0.4, 0.5) is 5.13 Å². The summed E-state index contributed by atoms with van der Waals surface area (Å²) in [5.41, 5.74) is 2.59. The summed E-state index contributed by atoms with van der Waals surface area (Å²) in [5, 5.41) is 10.4. The predicted octanol–water partition coefficient (Wildman–Crippen LogP) is 2.64. The summed E-state index contributed by atoms with van der Waals surface area (Å²) in [4.78, 5) is 15.3. The number of H-pyrrole nitrogens is 1. The van der Waals surface area contributed by atoms with Crippen LogP contribution in [0.25, 0.3) is 21.6 Å². The van der Waals surface area contributed by atoms with Gasteiger partial charge in [-0.2, -0.15) is 5.10 Å². The van der Waals surface area contributed by atoms with Gasteiger partial charge in [0.05, 0.1) is 0 Å². The zero-order valence-corrected chi connectivity index (χ0v) is 10.4. The fourth-order valence-electron chi connectivity index (χ4n) is 1.71. The molecule has 18 heavy (non-hydrogen) atoms. The SMILES string of the molecule is CC(=O)Nc1nc2[nH]nc(-c3ccccc3)c2s1. The maximum atomic E-state index is 11.0. The number of fused-ring (bicyclic) bond motifs is 1. The number of rotatable bonds is 2. The number of nitrogens with zero attached hydrogens (tertiary/aromatic N) is 2. The lowest BCUT2D eigenvalue weighted by Crippen LogP contribution is -2.04. The van der Waals surface area contributed by atoms with Gasteiger partial charge in [-0.1, -0.05) is 41.7 Å². The third-order valence-electron chi connectivity index (χ3n) is 2.45. The molecule has 90 valence electrons. The number of hydrogen-bond acceptors (Lipinski definition) is 4. The van der Waals surface area contributed by atoms with Crippen molar-refractivity contribution < 1.29 is 4.79 Å². The molecule has 0 bridgehead atoms. The molecule has 6 heteroatoms. The van der Waals surface area contributed by atoms with Gasteiger partial charge in [0.2, 0.25) is 5.91 Å². The third-order valence-corrected chi connectivity index (χ3v) is 3.42. The Morgan fingerprint density at radius 2 is 2.11 bits per heavy atom. The minimum absolute atomic E-state index is 0.124. The van der Waals surface area contributed by atoms with Crippen molar-refractivity contribution in [1.82, 2.24) is 15.2 Å². The second-order valence-corrected chi connectivity index (χ2v) is 4.82. The first kappa shape index (κ1) is 10.9. The van der Waals surface area contributed by atoms with Gasteiger partial charge in [0.15, 0.2) is 10.8 Å². The van der Waals surface area contributed by atoms with E-state index in [1.807, 2.05) is 30.3 Å². The summed E-state index contributed by atoms with van der Waals surface area (Å²) < 4.78 is 0.949. The minimum Gasteiger partial charge on any atom is -0.302 e. The Morgan fingerprint density at radius 1 is 1.33 bits per heavy atom. The summed E-state index contributed by atoms with van der Waals surface area (Å²) >= 11 is 1.42. The summed E-state index contributed by atoms with van der Waals surface area (Å²) in [6.07, 6.45) is 0. The first-order valence-electron chi connectivity index (χ1n) is 5.42. The van der Waals surface area contributed by atoms with Gasteiger partial charge in [0.1, 0.15) is 10.4 Å². The molecule has 0 saturated carbocycles. The molecule has 2 N–H and O–H groups in total. The molecule has 0 atom stereocenters. The Labute approximate surface area is 107 Å². The highest BCUT2D eigenvalue weighted by molar-refractivity contribution is 7.22. The van der Waals surface area contributed by atoms with Crippen LogP contribution in [0.5, 0.6) is 0 Å². The first-order valence-corrected chi connectivity index (χ1v) is 6.23. The molecule has 0 aliphatic carbocycles. The quantitative estimate of drug-likeness (QED) is 0.742. The van der Waals surface area contributed by atoms with E-state index in [-0.39, 0.29) is 5.91 Å². The van der Waals surface area contributed by atoms with Crippen molar-refractivity contribution in [2.24, 2.45) is 0 Å².